The van der Waals surface area contributed by atoms with Crippen LogP contribution in [-0.2, 0) is 9.59 Å². The highest BCUT2D eigenvalue weighted by atomic mass is 16.4. The molecule has 0 spiro atoms. The number of amides is 3. The van der Waals surface area contributed by atoms with Gasteiger partial charge in [-0.1, -0.05) is 6.42 Å². The molecule has 118 valence electrons. The molecule has 1 aliphatic heterocycles. The Hall–Kier alpha value is -1.79. The fourth-order valence-electron chi connectivity index (χ4n) is 2.82. The second-order valence-corrected chi connectivity index (χ2v) is 5.72. The summed E-state index contributed by atoms with van der Waals surface area (Å²) in [6, 6.07) is -1.12. The van der Waals surface area contributed by atoms with E-state index in [-0.39, 0.29) is 18.4 Å². The first-order valence-electron chi connectivity index (χ1n) is 7.58. The van der Waals surface area contributed by atoms with Gasteiger partial charge in [-0.25, -0.2) is 4.79 Å². The molecule has 2 fully saturated rings. The topological polar surface area (TPSA) is 90.0 Å². The van der Waals surface area contributed by atoms with Crippen molar-refractivity contribution in [1.82, 2.24) is 15.1 Å². The van der Waals surface area contributed by atoms with Crippen molar-refractivity contribution in [3.8, 4) is 0 Å². The van der Waals surface area contributed by atoms with Crippen LogP contribution in [0.15, 0.2) is 0 Å². The minimum atomic E-state index is -1.07. The minimum absolute atomic E-state index is 0.217. The second kappa shape index (κ2) is 6.78. The molecule has 0 aromatic carbocycles. The molecule has 3 amide bonds. The van der Waals surface area contributed by atoms with Crippen LogP contribution >= 0.6 is 0 Å². The van der Waals surface area contributed by atoms with Gasteiger partial charge in [0.25, 0.3) is 0 Å². The van der Waals surface area contributed by atoms with Gasteiger partial charge in [-0.3, -0.25) is 9.59 Å². The van der Waals surface area contributed by atoms with Crippen molar-refractivity contribution in [3.63, 3.8) is 0 Å². The third kappa shape index (κ3) is 3.65. The zero-order chi connectivity index (χ0) is 15.4. The van der Waals surface area contributed by atoms with Gasteiger partial charge in [0.05, 0.1) is 6.42 Å². The average molecular weight is 297 g/mol. The SMILES string of the molecule is CCN(CC1CCC1)C(=O)N1CCNC(=O)C1CC(=O)O. The smallest absolute Gasteiger partial charge is 0.320 e. The van der Waals surface area contributed by atoms with Crippen molar-refractivity contribution in [1.29, 1.82) is 0 Å². The molecule has 1 saturated heterocycles. The van der Waals surface area contributed by atoms with Gasteiger partial charge in [-0.2, -0.15) is 0 Å². The molecule has 1 saturated carbocycles. The van der Waals surface area contributed by atoms with Gasteiger partial charge in [0.2, 0.25) is 5.91 Å². The zero-order valence-electron chi connectivity index (χ0n) is 12.4. The van der Waals surface area contributed by atoms with E-state index in [0.29, 0.717) is 32.1 Å². The maximum absolute atomic E-state index is 12.6. The first kappa shape index (κ1) is 15.6. The van der Waals surface area contributed by atoms with Gasteiger partial charge >= 0.3 is 12.0 Å². The number of piperazine rings is 1. The molecule has 7 heteroatoms. The Morgan fingerprint density at radius 3 is 2.67 bits per heavy atom. The number of hydrogen-bond acceptors (Lipinski definition) is 3. The molecule has 2 aliphatic rings. The van der Waals surface area contributed by atoms with Crippen LogP contribution < -0.4 is 5.32 Å². The number of rotatable bonds is 5. The van der Waals surface area contributed by atoms with Crippen molar-refractivity contribution in [2.45, 2.75) is 38.6 Å². The van der Waals surface area contributed by atoms with Gasteiger partial charge in [-0.05, 0) is 25.7 Å². The quantitative estimate of drug-likeness (QED) is 0.773. The predicted molar refractivity (Wildman–Crippen MR) is 75.7 cm³/mol. The molecule has 21 heavy (non-hydrogen) atoms. The molecule has 2 N–H and O–H groups in total. The standard InChI is InChI=1S/C14H23N3O4/c1-2-16(9-10-4-3-5-10)14(21)17-7-6-15-13(20)11(17)8-12(18)19/h10-11H,2-9H2,1H3,(H,15,20)(H,18,19). The first-order chi connectivity index (χ1) is 10.0. The number of aliphatic carboxylic acids is 1. The lowest BCUT2D eigenvalue weighted by Gasteiger charge is -2.39. The first-order valence-corrected chi connectivity index (χ1v) is 7.58. The fourth-order valence-corrected chi connectivity index (χ4v) is 2.82. The number of carbonyl (C=O) groups excluding carboxylic acids is 2. The maximum Gasteiger partial charge on any atom is 0.320 e. The summed E-state index contributed by atoms with van der Waals surface area (Å²) in [5, 5.41) is 11.6. The largest absolute Gasteiger partial charge is 0.481 e. The molecule has 1 atom stereocenters. The predicted octanol–water partition coefficient (Wildman–Crippen LogP) is 0.504. The summed E-state index contributed by atoms with van der Waals surface area (Å²) in [6.07, 6.45) is 3.15. The van der Waals surface area contributed by atoms with Gasteiger partial charge in [0.1, 0.15) is 6.04 Å². The van der Waals surface area contributed by atoms with Crippen molar-refractivity contribution in [3.05, 3.63) is 0 Å². The Morgan fingerprint density at radius 2 is 2.14 bits per heavy atom. The summed E-state index contributed by atoms with van der Waals surface area (Å²) in [4.78, 5) is 38.5. The molecule has 1 heterocycles. The summed E-state index contributed by atoms with van der Waals surface area (Å²) in [5.74, 6) is -0.904. The van der Waals surface area contributed by atoms with Crippen LogP contribution in [0.4, 0.5) is 4.79 Å². The van der Waals surface area contributed by atoms with E-state index >= 15 is 0 Å². The molecule has 0 radical (unpaired) electrons. The number of hydrogen-bond donors (Lipinski definition) is 2. The Balaban J connectivity index is 2.05. The number of carboxylic acids is 1. The maximum atomic E-state index is 12.6. The second-order valence-electron chi connectivity index (χ2n) is 5.72. The summed E-state index contributed by atoms with van der Waals surface area (Å²) >= 11 is 0. The molecular weight excluding hydrogens is 274 g/mol. The normalized spacial score (nSPS) is 22.4. The lowest BCUT2D eigenvalue weighted by Crippen LogP contribution is -2.60. The number of nitrogens with one attached hydrogen (secondary N) is 1. The highest BCUT2D eigenvalue weighted by Crippen LogP contribution is 2.27. The van der Waals surface area contributed by atoms with Crippen LogP contribution in [-0.4, -0.2) is 65.0 Å². The number of urea groups is 1. The highest BCUT2D eigenvalue weighted by molar-refractivity contribution is 5.91. The van der Waals surface area contributed by atoms with Gasteiger partial charge < -0.3 is 20.2 Å². The molecule has 1 unspecified atom stereocenters. The van der Waals surface area contributed by atoms with E-state index in [1.54, 1.807) is 4.90 Å². The molecule has 0 aromatic heterocycles. The fraction of sp³-hybridized carbons (Fsp3) is 0.786. The van der Waals surface area contributed by atoms with Crippen molar-refractivity contribution in [2.24, 2.45) is 5.92 Å². The number of nitrogens with zero attached hydrogens (tertiary/aromatic N) is 2. The van der Waals surface area contributed by atoms with Crippen LogP contribution in [0, 0.1) is 5.92 Å². The Kier molecular flexibility index (Phi) is 5.03. The Morgan fingerprint density at radius 1 is 1.43 bits per heavy atom. The molecule has 0 aromatic rings. The van der Waals surface area contributed by atoms with Crippen LogP contribution in [0.1, 0.15) is 32.6 Å². The van der Waals surface area contributed by atoms with Crippen molar-refractivity contribution < 1.29 is 19.5 Å². The summed E-state index contributed by atoms with van der Waals surface area (Å²) in [5.41, 5.74) is 0. The van der Waals surface area contributed by atoms with Gasteiger partial charge in [-0.15, -0.1) is 0 Å². The van der Waals surface area contributed by atoms with Crippen LogP contribution in [0.5, 0.6) is 0 Å². The van der Waals surface area contributed by atoms with E-state index in [9.17, 15) is 14.4 Å². The van der Waals surface area contributed by atoms with E-state index in [1.165, 1.54) is 11.3 Å². The van der Waals surface area contributed by atoms with Crippen LogP contribution in [0.2, 0.25) is 0 Å². The number of carbonyl (C=O) groups is 3. The summed E-state index contributed by atoms with van der Waals surface area (Å²) in [6.45, 7) is 3.93. The van der Waals surface area contributed by atoms with Crippen molar-refractivity contribution in [2.75, 3.05) is 26.2 Å². The van der Waals surface area contributed by atoms with E-state index < -0.39 is 12.0 Å². The lowest BCUT2D eigenvalue weighted by molar-refractivity contribution is -0.142. The van der Waals surface area contributed by atoms with E-state index in [0.717, 1.165) is 12.8 Å². The highest BCUT2D eigenvalue weighted by Gasteiger charge is 2.37. The van der Waals surface area contributed by atoms with Gasteiger partial charge in [0.15, 0.2) is 0 Å². The lowest BCUT2D eigenvalue weighted by atomic mass is 9.85. The summed E-state index contributed by atoms with van der Waals surface area (Å²) < 4.78 is 0. The molecular formula is C14H23N3O4. The van der Waals surface area contributed by atoms with E-state index in [4.69, 9.17) is 5.11 Å². The Labute approximate surface area is 124 Å². The third-order valence-electron chi connectivity index (χ3n) is 4.30. The van der Waals surface area contributed by atoms with E-state index in [2.05, 4.69) is 5.32 Å². The summed E-state index contributed by atoms with van der Waals surface area (Å²) in [7, 11) is 0. The molecule has 7 nitrogen and oxygen atoms in total. The number of carboxylic acid groups (broad SMARTS) is 1. The third-order valence-corrected chi connectivity index (χ3v) is 4.30. The van der Waals surface area contributed by atoms with Crippen molar-refractivity contribution >= 4 is 17.9 Å². The minimum Gasteiger partial charge on any atom is -0.481 e. The Bertz CT molecular complexity index is 422. The molecule has 2 rings (SSSR count). The molecule has 1 aliphatic carbocycles. The average Bonchev–Trinajstić information content (AvgIpc) is 2.39. The van der Waals surface area contributed by atoms with Crippen LogP contribution in [0.25, 0.3) is 0 Å². The molecule has 0 bridgehead atoms. The zero-order valence-corrected chi connectivity index (χ0v) is 12.4. The van der Waals surface area contributed by atoms with Gasteiger partial charge in [0, 0.05) is 26.2 Å². The van der Waals surface area contributed by atoms with E-state index in [1.807, 2.05) is 6.92 Å². The monoisotopic (exact) mass is 297 g/mol. The van der Waals surface area contributed by atoms with Crippen LogP contribution in [0.3, 0.4) is 0 Å².